The van der Waals surface area contributed by atoms with E-state index in [-0.39, 0.29) is 30.3 Å². The highest BCUT2D eigenvalue weighted by Gasteiger charge is 2.18. The Morgan fingerprint density at radius 1 is 1.07 bits per heavy atom. The number of nitrogens with zero attached hydrogens (tertiary/aromatic N) is 3. The summed E-state index contributed by atoms with van der Waals surface area (Å²) in [4.78, 5) is 12.7. The molecule has 29 heavy (non-hydrogen) atoms. The molecule has 0 spiro atoms. The van der Waals surface area contributed by atoms with Gasteiger partial charge in [0.15, 0.2) is 11.6 Å². The van der Waals surface area contributed by atoms with E-state index in [4.69, 9.17) is 0 Å². The van der Waals surface area contributed by atoms with E-state index in [1.54, 1.807) is 24.5 Å². The first-order chi connectivity index (χ1) is 13.9. The Balaban J connectivity index is 2.04. The molecule has 0 aliphatic carbocycles. The van der Waals surface area contributed by atoms with Crippen molar-refractivity contribution in [2.24, 2.45) is 5.92 Å². The average molecular weight is 403 g/mol. The van der Waals surface area contributed by atoms with E-state index < -0.39 is 23.1 Å². The summed E-state index contributed by atoms with van der Waals surface area (Å²) in [6.07, 6.45) is 3.17. The maximum Gasteiger partial charge on any atom is 0.225 e. The van der Waals surface area contributed by atoms with Gasteiger partial charge in [0.25, 0.3) is 0 Å². The van der Waals surface area contributed by atoms with Crippen molar-refractivity contribution in [3.05, 3.63) is 60.2 Å². The van der Waals surface area contributed by atoms with E-state index in [0.717, 1.165) is 6.07 Å². The standard InChI is InChI=1S/C20H20F3N5O/c1-11(2)16(10-29)26-20-25-15(12-4-3-7-24-9-12)8-17(28-20)27-19-14(22)6-5-13(21)18(19)23/h3-9,11,16,29H,10H2,1-2H3,(H2,25,26,27,28)/t16-/m0/s1. The van der Waals surface area contributed by atoms with Crippen molar-refractivity contribution in [3.8, 4) is 11.3 Å². The number of halogens is 3. The van der Waals surface area contributed by atoms with Crippen molar-refractivity contribution in [3.63, 3.8) is 0 Å². The molecule has 6 nitrogen and oxygen atoms in total. The normalized spacial score (nSPS) is 12.1. The van der Waals surface area contributed by atoms with Gasteiger partial charge in [0.05, 0.1) is 18.3 Å². The average Bonchev–Trinajstić information content (AvgIpc) is 2.72. The molecule has 0 amide bonds. The van der Waals surface area contributed by atoms with Crippen LogP contribution < -0.4 is 10.6 Å². The predicted molar refractivity (Wildman–Crippen MR) is 104 cm³/mol. The summed E-state index contributed by atoms with van der Waals surface area (Å²) >= 11 is 0. The van der Waals surface area contributed by atoms with Crippen molar-refractivity contribution in [2.75, 3.05) is 17.2 Å². The van der Waals surface area contributed by atoms with Gasteiger partial charge in [-0.05, 0) is 30.2 Å². The Labute approximate surface area is 165 Å². The zero-order valence-corrected chi connectivity index (χ0v) is 15.8. The van der Waals surface area contributed by atoms with Crippen LogP contribution in [0.3, 0.4) is 0 Å². The second-order valence-corrected chi connectivity index (χ2v) is 6.72. The minimum atomic E-state index is -1.35. The lowest BCUT2D eigenvalue weighted by Gasteiger charge is -2.20. The summed E-state index contributed by atoms with van der Waals surface area (Å²) < 4.78 is 41.6. The Bertz CT molecular complexity index is 985. The molecule has 152 valence electrons. The van der Waals surface area contributed by atoms with Gasteiger partial charge in [-0.1, -0.05) is 13.8 Å². The number of hydrogen-bond donors (Lipinski definition) is 3. The van der Waals surface area contributed by atoms with E-state index in [2.05, 4.69) is 25.6 Å². The van der Waals surface area contributed by atoms with Crippen LogP contribution in [-0.2, 0) is 0 Å². The molecule has 2 heterocycles. The zero-order chi connectivity index (χ0) is 21.0. The molecule has 0 fully saturated rings. The highest BCUT2D eigenvalue weighted by atomic mass is 19.2. The second kappa shape index (κ2) is 8.87. The van der Waals surface area contributed by atoms with E-state index in [1.807, 2.05) is 13.8 Å². The number of aliphatic hydroxyl groups excluding tert-OH is 1. The van der Waals surface area contributed by atoms with Crippen LogP contribution >= 0.6 is 0 Å². The van der Waals surface area contributed by atoms with E-state index in [1.165, 1.54) is 6.07 Å². The zero-order valence-electron chi connectivity index (χ0n) is 15.8. The molecule has 0 unspecified atom stereocenters. The topological polar surface area (TPSA) is 83.0 Å². The van der Waals surface area contributed by atoms with Crippen LogP contribution in [0.4, 0.5) is 30.6 Å². The van der Waals surface area contributed by atoms with Gasteiger partial charge < -0.3 is 15.7 Å². The van der Waals surface area contributed by atoms with Crippen LogP contribution in [0.1, 0.15) is 13.8 Å². The molecule has 0 aliphatic rings. The number of anilines is 3. The highest BCUT2D eigenvalue weighted by Crippen LogP contribution is 2.27. The Morgan fingerprint density at radius 2 is 1.83 bits per heavy atom. The van der Waals surface area contributed by atoms with Crippen molar-refractivity contribution < 1.29 is 18.3 Å². The van der Waals surface area contributed by atoms with Gasteiger partial charge >= 0.3 is 0 Å². The van der Waals surface area contributed by atoms with Crippen molar-refractivity contribution >= 4 is 17.5 Å². The molecule has 0 radical (unpaired) electrons. The van der Waals surface area contributed by atoms with Crippen molar-refractivity contribution in [2.45, 2.75) is 19.9 Å². The molecular formula is C20H20F3N5O. The fourth-order valence-corrected chi connectivity index (χ4v) is 2.60. The SMILES string of the molecule is CC(C)[C@H](CO)Nc1nc(Nc2c(F)ccc(F)c2F)cc(-c2cccnc2)n1. The van der Waals surface area contributed by atoms with Gasteiger partial charge in [0.1, 0.15) is 17.3 Å². The largest absolute Gasteiger partial charge is 0.394 e. The first-order valence-electron chi connectivity index (χ1n) is 8.96. The molecule has 9 heteroatoms. The Morgan fingerprint density at radius 3 is 2.48 bits per heavy atom. The molecule has 3 rings (SSSR count). The Hall–Kier alpha value is -3.20. The lowest BCUT2D eigenvalue weighted by Crippen LogP contribution is -2.30. The van der Waals surface area contributed by atoms with Crippen LogP contribution in [0, 0.1) is 23.4 Å². The fourth-order valence-electron chi connectivity index (χ4n) is 2.60. The van der Waals surface area contributed by atoms with Crippen LogP contribution in [0.25, 0.3) is 11.3 Å². The van der Waals surface area contributed by atoms with Crippen LogP contribution in [0.15, 0.2) is 42.7 Å². The summed E-state index contributed by atoms with van der Waals surface area (Å²) in [5, 5.41) is 15.1. The lowest BCUT2D eigenvalue weighted by atomic mass is 10.1. The van der Waals surface area contributed by atoms with Crippen LogP contribution in [0.2, 0.25) is 0 Å². The minimum absolute atomic E-state index is 0.0465. The summed E-state index contributed by atoms with van der Waals surface area (Å²) in [7, 11) is 0. The third-order valence-electron chi connectivity index (χ3n) is 4.30. The lowest BCUT2D eigenvalue weighted by molar-refractivity contribution is 0.248. The molecular weight excluding hydrogens is 383 g/mol. The first-order valence-corrected chi connectivity index (χ1v) is 8.96. The van der Waals surface area contributed by atoms with Gasteiger partial charge in [0.2, 0.25) is 5.95 Å². The summed E-state index contributed by atoms with van der Waals surface area (Å²) in [6, 6.07) is 6.14. The minimum Gasteiger partial charge on any atom is -0.394 e. The smallest absolute Gasteiger partial charge is 0.225 e. The number of aromatic nitrogens is 3. The molecule has 1 aromatic carbocycles. The third kappa shape index (κ3) is 4.80. The summed E-state index contributed by atoms with van der Waals surface area (Å²) in [6.45, 7) is 3.67. The van der Waals surface area contributed by atoms with Gasteiger partial charge in [-0.2, -0.15) is 4.98 Å². The fraction of sp³-hybridized carbons (Fsp3) is 0.250. The molecule has 1 atom stereocenters. The molecule has 0 bridgehead atoms. The number of pyridine rings is 1. The maximum absolute atomic E-state index is 14.1. The summed E-state index contributed by atoms with van der Waals surface area (Å²) in [5.74, 6) is -3.25. The molecule has 3 N–H and O–H groups in total. The number of aliphatic hydroxyl groups is 1. The number of hydrogen-bond acceptors (Lipinski definition) is 6. The molecule has 0 aliphatic heterocycles. The monoisotopic (exact) mass is 403 g/mol. The predicted octanol–water partition coefficient (Wildman–Crippen LogP) is 4.13. The van der Waals surface area contributed by atoms with E-state index in [9.17, 15) is 18.3 Å². The van der Waals surface area contributed by atoms with Crippen LogP contribution in [-0.4, -0.2) is 32.7 Å². The maximum atomic E-state index is 14.1. The molecule has 0 saturated heterocycles. The quantitative estimate of drug-likeness (QED) is 0.515. The Kier molecular flexibility index (Phi) is 6.28. The van der Waals surface area contributed by atoms with Gasteiger partial charge in [-0.25, -0.2) is 18.2 Å². The second-order valence-electron chi connectivity index (χ2n) is 6.72. The third-order valence-corrected chi connectivity index (χ3v) is 4.30. The van der Waals surface area contributed by atoms with E-state index in [0.29, 0.717) is 17.3 Å². The van der Waals surface area contributed by atoms with Gasteiger partial charge in [0, 0.05) is 24.0 Å². The van der Waals surface area contributed by atoms with Gasteiger partial charge in [-0.3, -0.25) is 4.98 Å². The van der Waals surface area contributed by atoms with Crippen molar-refractivity contribution in [1.82, 2.24) is 15.0 Å². The van der Waals surface area contributed by atoms with Crippen LogP contribution in [0.5, 0.6) is 0 Å². The number of rotatable bonds is 7. The summed E-state index contributed by atoms with van der Waals surface area (Å²) in [5.41, 5.74) is 0.413. The van der Waals surface area contributed by atoms with Gasteiger partial charge in [-0.15, -0.1) is 0 Å². The first kappa shape index (κ1) is 20.5. The number of nitrogens with one attached hydrogen (secondary N) is 2. The number of benzene rings is 1. The van der Waals surface area contributed by atoms with Crippen molar-refractivity contribution in [1.29, 1.82) is 0 Å². The molecule has 2 aromatic heterocycles. The highest BCUT2D eigenvalue weighted by molar-refractivity contribution is 5.67. The molecule has 0 saturated carbocycles. The van der Waals surface area contributed by atoms with E-state index >= 15 is 0 Å². The molecule has 3 aromatic rings.